The summed E-state index contributed by atoms with van der Waals surface area (Å²) < 4.78 is 48.6. The molecule has 0 aliphatic carbocycles. The number of nitrogens with two attached hydrogens (primary N) is 1. The lowest BCUT2D eigenvalue weighted by Crippen LogP contribution is -2.53. The largest absolute Gasteiger partial charge is 0.498 e. The van der Waals surface area contributed by atoms with Crippen LogP contribution in [0.4, 0.5) is 11.6 Å². The van der Waals surface area contributed by atoms with Crippen LogP contribution in [0.1, 0.15) is 33.6 Å². The molecule has 2 fully saturated rings. The molecule has 0 radical (unpaired) electrons. The van der Waals surface area contributed by atoms with Crippen molar-refractivity contribution in [2.75, 3.05) is 37.5 Å². The molecular formula is C32H37N6O11S3+. The highest BCUT2D eigenvalue weighted by atomic mass is 32.2. The summed E-state index contributed by atoms with van der Waals surface area (Å²) in [6.07, 6.45) is 3.18. The van der Waals surface area contributed by atoms with Crippen molar-refractivity contribution in [2.24, 2.45) is 0 Å². The van der Waals surface area contributed by atoms with E-state index in [1.807, 2.05) is 13.0 Å². The number of nitrogens with zero attached hydrogens (tertiary/aromatic N) is 3. The fraction of sp³-hybridized carbons (Fsp3) is 0.312. The summed E-state index contributed by atoms with van der Waals surface area (Å²) in [6, 6.07) is 17.8. The molecule has 52 heavy (non-hydrogen) atoms. The number of rotatable bonds is 8. The minimum Gasteiger partial charge on any atom is -0.458 e. The number of aromatic amines is 1. The number of aromatic nitrogens is 4. The standard InChI is InChI=1S/C17H17N3O5S.C8H11N3O3S.C7H8O3S/c1-11(21)18-13-7-8-20(17(23)19-13)14-9-24-15(26-14)10-25-16(22)12-5-3-2-4-6-12;9-5-1-2-11(8(13)10-5)6-4-14-7(3-12)15-6;1-6-2-4-7(5-3-6)11(8,9)10/h2-8,14-15H,9-10H2,1H3,(H,18,19,21,23);1-2,6-7,12H,3-4H2,(H2,9,10,13);2-5H,1H3,(H,8,9,10)/p+1/t14?,15-;6-,7-;/m11./s1. The molecule has 4 atom stereocenters. The summed E-state index contributed by atoms with van der Waals surface area (Å²) in [6.45, 7) is 3.92. The second-order valence-electron chi connectivity index (χ2n) is 10.9. The maximum Gasteiger partial charge on any atom is 0.498 e. The monoisotopic (exact) mass is 777 g/mol. The average Bonchev–Trinajstić information content (AvgIpc) is 3.78. The van der Waals surface area contributed by atoms with Gasteiger partial charge >= 0.3 is 17.3 Å². The van der Waals surface area contributed by atoms with Crippen LogP contribution in [0.3, 0.4) is 0 Å². The van der Waals surface area contributed by atoms with E-state index < -0.39 is 21.8 Å². The number of carbonyl (C=O) groups excluding carboxylic acids is 2. The van der Waals surface area contributed by atoms with Crippen molar-refractivity contribution in [3.8, 4) is 0 Å². The number of H-pyrrole nitrogens is 1. The van der Waals surface area contributed by atoms with Gasteiger partial charge < -0.3 is 30.4 Å². The van der Waals surface area contributed by atoms with Crippen molar-refractivity contribution in [2.45, 2.75) is 40.4 Å². The number of thioether (sulfide) groups is 2. The first-order valence-corrected chi connectivity index (χ1v) is 18.7. The summed E-state index contributed by atoms with van der Waals surface area (Å²) in [7, 11) is -4.02. The molecular weight excluding hydrogens is 741 g/mol. The van der Waals surface area contributed by atoms with Crippen molar-refractivity contribution in [3.63, 3.8) is 0 Å². The normalized spacial score (nSPS) is 19.4. The van der Waals surface area contributed by atoms with Gasteiger partial charge in [-0.2, -0.15) is 27.7 Å². The number of benzene rings is 2. The summed E-state index contributed by atoms with van der Waals surface area (Å²) in [5, 5.41) is 11.0. The molecule has 2 aromatic carbocycles. The summed E-state index contributed by atoms with van der Waals surface area (Å²) in [4.78, 5) is 52.8. The third-order valence-corrected chi connectivity index (χ3v) is 10.3. The number of carbonyl (C=O) groups is 2. The Morgan fingerprint density at radius 1 is 1.06 bits per heavy atom. The Morgan fingerprint density at radius 3 is 2.35 bits per heavy atom. The predicted molar refractivity (Wildman–Crippen MR) is 192 cm³/mol. The third kappa shape index (κ3) is 12.0. The molecule has 17 nitrogen and oxygen atoms in total. The van der Waals surface area contributed by atoms with Gasteiger partial charge in [-0.05, 0) is 37.3 Å². The first-order valence-electron chi connectivity index (χ1n) is 15.4. The summed E-state index contributed by atoms with van der Waals surface area (Å²) >= 11 is 2.78. The molecule has 20 heteroatoms. The second-order valence-corrected chi connectivity index (χ2v) is 15.0. The number of hydrogen-bond donors (Lipinski definition) is 5. The lowest BCUT2D eigenvalue weighted by Gasteiger charge is -2.12. The van der Waals surface area contributed by atoms with Crippen LogP contribution >= 0.6 is 23.5 Å². The van der Waals surface area contributed by atoms with Crippen LogP contribution in [0, 0.1) is 6.92 Å². The molecule has 2 aliphatic heterocycles. The van der Waals surface area contributed by atoms with E-state index >= 15 is 0 Å². The van der Waals surface area contributed by atoms with E-state index in [9.17, 15) is 27.6 Å². The van der Waals surface area contributed by atoms with Gasteiger partial charge in [0.25, 0.3) is 10.1 Å². The number of esters is 1. The highest BCUT2D eigenvalue weighted by Gasteiger charge is 2.32. The maximum absolute atomic E-state index is 12.1. The number of nitrogen functional groups attached to an aromatic ring is 1. The molecule has 278 valence electrons. The Kier molecular flexibility index (Phi) is 14.5. The minimum absolute atomic E-state index is 0.0470. The first kappa shape index (κ1) is 40.2. The van der Waals surface area contributed by atoms with Crippen LogP contribution in [0.15, 0.2) is 93.6 Å². The third-order valence-electron chi connectivity index (χ3n) is 6.95. The van der Waals surface area contributed by atoms with Gasteiger partial charge in [-0.25, -0.2) is 9.59 Å². The first-order chi connectivity index (χ1) is 24.7. The number of nitrogens with one attached hydrogen (secondary N) is 2. The highest BCUT2D eigenvalue weighted by molar-refractivity contribution is 8.00. The Labute approximate surface area is 306 Å². The van der Waals surface area contributed by atoms with Gasteiger partial charge in [-0.15, -0.1) is 0 Å². The van der Waals surface area contributed by atoms with Crippen molar-refractivity contribution in [1.82, 2.24) is 14.5 Å². The fourth-order valence-corrected chi connectivity index (χ4v) is 7.07. The average molecular weight is 778 g/mol. The predicted octanol–water partition coefficient (Wildman–Crippen LogP) is 1.71. The molecule has 4 aromatic rings. The van der Waals surface area contributed by atoms with Crippen LogP contribution in [0.5, 0.6) is 0 Å². The number of aryl methyl sites for hydroxylation is 1. The fourth-order valence-electron chi connectivity index (χ4n) is 4.44. The molecule has 1 unspecified atom stereocenters. The van der Waals surface area contributed by atoms with Crippen LogP contribution in [-0.2, 0) is 29.1 Å². The zero-order valence-electron chi connectivity index (χ0n) is 27.9. The number of aliphatic hydroxyl groups excluding tert-OH is 1. The van der Waals surface area contributed by atoms with Gasteiger partial charge in [0.05, 0.1) is 30.3 Å². The van der Waals surface area contributed by atoms with Crippen molar-refractivity contribution >= 4 is 57.2 Å². The molecule has 0 bridgehead atoms. The van der Waals surface area contributed by atoms with Gasteiger partial charge in [0, 0.05) is 19.2 Å². The molecule has 0 spiro atoms. The number of hydrogen-bond acceptors (Lipinski definition) is 14. The quantitative estimate of drug-likeness (QED) is 0.0971. The highest BCUT2D eigenvalue weighted by Crippen LogP contribution is 2.35. The molecule has 6 rings (SSSR count). The Hall–Kier alpha value is -4.57. The van der Waals surface area contributed by atoms with E-state index in [2.05, 4.69) is 15.3 Å². The zero-order valence-corrected chi connectivity index (χ0v) is 30.3. The van der Waals surface area contributed by atoms with Gasteiger partial charge in [0.15, 0.2) is 11.2 Å². The second kappa shape index (κ2) is 18.8. The van der Waals surface area contributed by atoms with E-state index in [0.29, 0.717) is 24.6 Å². The molecule has 6 N–H and O–H groups in total. The SMILES string of the molecule is CC(=O)Nc1ccn(C2CO[C@@H](COC(=O)c3ccccc3)S2)c(=O)n1.Cc1ccc(S(=O)(=O)O)cc1.Nc1cc[n+]([C@H]2CO[C@@H](CO)S2)c(=O)[nH]1. The lowest BCUT2D eigenvalue weighted by atomic mass is 10.2. The van der Waals surface area contributed by atoms with Gasteiger partial charge in [0.2, 0.25) is 5.91 Å². The van der Waals surface area contributed by atoms with Gasteiger partial charge in [-0.1, -0.05) is 59.4 Å². The Balaban J connectivity index is 0.000000196. The van der Waals surface area contributed by atoms with Crippen molar-refractivity contribution < 1.29 is 46.4 Å². The van der Waals surface area contributed by atoms with E-state index in [1.54, 1.807) is 60.9 Å². The van der Waals surface area contributed by atoms with Crippen LogP contribution < -0.4 is 27.0 Å². The minimum atomic E-state index is -4.02. The molecule has 4 heterocycles. The lowest BCUT2D eigenvalue weighted by molar-refractivity contribution is -0.716. The van der Waals surface area contributed by atoms with Crippen LogP contribution in [-0.4, -0.2) is 81.8 Å². The number of aliphatic hydroxyl groups is 1. The smallest absolute Gasteiger partial charge is 0.458 e. The molecule has 0 saturated carbocycles. The van der Waals surface area contributed by atoms with Crippen LogP contribution in [0.25, 0.3) is 0 Å². The van der Waals surface area contributed by atoms with E-state index in [0.717, 1.165) is 5.56 Å². The van der Waals surface area contributed by atoms with E-state index in [1.165, 1.54) is 51.7 Å². The number of amides is 1. The van der Waals surface area contributed by atoms with Gasteiger partial charge in [-0.3, -0.25) is 13.9 Å². The maximum atomic E-state index is 12.1. The molecule has 1 amide bonds. The Bertz CT molecular complexity index is 2050. The molecule has 2 saturated heterocycles. The number of ether oxygens (including phenoxy) is 3. The summed E-state index contributed by atoms with van der Waals surface area (Å²) in [5.41, 5.74) is 5.49. The topological polar surface area (TPSA) is 246 Å². The van der Waals surface area contributed by atoms with E-state index in [-0.39, 0.29) is 57.1 Å². The van der Waals surface area contributed by atoms with Gasteiger partial charge in [0.1, 0.15) is 34.9 Å². The van der Waals surface area contributed by atoms with Crippen LogP contribution in [0.2, 0.25) is 0 Å². The Morgan fingerprint density at radius 2 is 1.75 bits per heavy atom. The number of anilines is 2. The molecule has 2 aliphatic rings. The van der Waals surface area contributed by atoms with Crippen molar-refractivity contribution in [3.05, 3.63) is 111 Å². The zero-order chi connectivity index (χ0) is 37.8. The van der Waals surface area contributed by atoms with Crippen molar-refractivity contribution in [1.29, 1.82) is 0 Å². The molecule has 2 aromatic heterocycles. The summed E-state index contributed by atoms with van der Waals surface area (Å²) in [5.74, 6) is -0.180. The van der Waals surface area contributed by atoms with E-state index in [4.69, 9.17) is 29.6 Å².